The van der Waals surface area contributed by atoms with Crippen molar-refractivity contribution < 1.29 is 19.1 Å². The van der Waals surface area contributed by atoms with Gasteiger partial charge in [-0.3, -0.25) is 4.90 Å². The molecule has 5 heteroatoms. The third-order valence-electron chi connectivity index (χ3n) is 3.38. The predicted molar refractivity (Wildman–Crippen MR) is 71.7 cm³/mol. The molecule has 0 radical (unpaired) electrons. The lowest BCUT2D eigenvalue weighted by molar-refractivity contribution is -0.145. The van der Waals surface area contributed by atoms with Gasteiger partial charge in [0.05, 0.1) is 7.11 Å². The highest BCUT2D eigenvalue weighted by Gasteiger charge is 2.42. The normalized spacial score (nSPS) is 23.6. The monoisotopic (exact) mass is 271 g/mol. The Kier molecular flexibility index (Phi) is 4.82. The molecule has 1 amide bonds. The molecule has 1 rings (SSSR count). The van der Waals surface area contributed by atoms with E-state index in [1.165, 1.54) is 12.0 Å². The van der Waals surface area contributed by atoms with Gasteiger partial charge in [-0.05, 0) is 39.0 Å². The van der Waals surface area contributed by atoms with E-state index in [4.69, 9.17) is 9.47 Å². The number of amides is 1. The number of carbonyl (C=O) groups is 2. The fraction of sp³-hybridized carbons (Fsp3) is 0.857. The number of methoxy groups -OCH3 is 1. The first kappa shape index (κ1) is 15.8. The van der Waals surface area contributed by atoms with Crippen LogP contribution in [0.1, 0.15) is 41.0 Å². The quantitative estimate of drug-likeness (QED) is 0.724. The van der Waals surface area contributed by atoms with Crippen LogP contribution in [0.2, 0.25) is 0 Å². The van der Waals surface area contributed by atoms with Crippen LogP contribution in [-0.4, -0.2) is 42.3 Å². The van der Waals surface area contributed by atoms with Gasteiger partial charge in [-0.1, -0.05) is 13.8 Å². The van der Waals surface area contributed by atoms with Gasteiger partial charge < -0.3 is 9.47 Å². The summed E-state index contributed by atoms with van der Waals surface area (Å²) >= 11 is 0. The van der Waals surface area contributed by atoms with Crippen LogP contribution in [0.15, 0.2) is 0 Å². The summed E-state index contributed by atoms with van der Waals surface area (Å²) in [5, 5.41) is 0. The minimum Gasteiger partial charge on any atom is -0.467 e. The number of likely N-dealkylation sites (tertiary alicyclic amines) is 1. The first-order valence-electron chi connectivity index (χ1n) is 6.73. The highest BCUT2D eigenvalue weighted by atomic mass is 16.6. The lowest BCUT2D eigenvalue weighted by Crippen LogP contribution is -2.43. The summed E-state index contributed by atoms with van der Waals surface area (Å²) in [6, 6.07) is -0.521. The average molecular weight is 271 g/mol. The van der Waals surface area contributed by atoms with E-state index in [1.807, 2.05) is 20.8 Å². The topological polar surface area (TPSA) is 55.8 Å². The largest absolute Gasteiger partial charge is 0.467 e. The molecular formula is C14H25NO4. The summed E-state index contributed by atoms with van der Waals surface area (Å²) < 4.78 is 10.1. The van der Waals surface area contributed by atoms with Crippen LogP contribution >= 0.6 is 0 Å². The highest BCUT2D eigenvalue weighted by Crippen LogP contribution is 2.30. The summed E-state index contributed by atoms with van der Waals surface area (Å²) in [4.78, 5) is 25.4. The van der Waals surface area contributed by atoms with E-state index >= 15 is 0 Å². The average Bonchev–Trinajstić information content (AvgIpc) is 2.70. The van der Waals surface area contributed by atoms with E-state index in [2.05, 4.69) is 13.8 Å². The molecule has 2 atom stereocenters. The zero-order valence-corrected chi connectivity index (χ0v) is 12.7. The molecule has 0 spiro atoms. The third kappa shape index (κ3) is 4.11. The maximum Gasteiger partial charge on any atom is 0.411 e. The van der Waals surface area contributed by atoms with Crippen molar-refractivity contribution in [2.24, 2.45) is 11.8 Å². The van der Waals surface area contributed by atoms with Crippen LogP contribution < -0.4 is 0 Å². The van der Waals surface area contributed by atoms with E-state index in [1.54, 1.807) is 0 Å². The van der Waals surface area contributed by atoms with Crippen molar-refractivity contribution in [2.45, 2.75) is 52.7 Å². The van der Waals surface area contributed by atoms with E-state index < -0.39 is 17.7 Å². The smallest absolute Gasteiger partial charge is 0.411 e. The molecule has 0 aliphatic carbocycles. The van der Waals surface area contributed by atoms with Crippen molar-refractivity contribution in [2.75, 3.05) is 13.7 Å². The zero-order valence-electron chi connectivity index (χ0n) is 12.7. The van der Waals surface area contributed by atoms with Gasteiger partial charge in [-0.25, -0.2) is 9.59 Å². The Morgan fingerprint density at radius 3 is 2.26 bits per heavy atom. The van der Waals surface area contributed by atoms with Gasteiger partial charge in [0.25, 0.3) is 0 Å². The second-order valence-corrected chi connectivity index (χ2v) is 6.41. The Morgan fingerprint density at radius 1 is 1.26 bits per heavy atom. The van der Waals surface area contributed by atoms with Gasteiger partial charge in [0.15, 0.2) is 0 Å². The molecule has 1 aliphatic rings. The predicted octanol–water partition coefficient (Wildman–Crippen LogP) is 2.44. The Hall–Kier alpha value is -1.26. The second-order valence-electron chi connectivity index (χ2n) is 6.41. The molecule has 0 aromatic carbocycles. The van der Waals surface area contributed by atoms with Crippen molar-refractivity contribution in [1.29, 1.82) is 0 Å². The molecule has 0 saturated carbocycles. The van der Waals surface area contributed by atoms with Gasteiger partial charge in [-0.15, -0.1) is 0 Å². The summed E-state index contributed by atoms with van der Waals surface area (Å²) in [5.74, 6) is 0.352. The second kappa shape index (κ2) is 5.80. The first-order valence-corrected chi connectivity index (χ1v) is 6.73. The van der Waals surface area contributed by atoms with E-state index in [0.29, 0.717) is 24.8 Å². The SMILES string of the molecule is COC(=O)[C@@H]1C[C@H](C(C)C)CN1C(=O)OC(C)(C)C. The zero-order chi connectivity index (χ0) is 14.8. The summed E-state index contributed by atoms with van der Waals surface area (Å²) in [6.07, 6.45) is 0.204. The van der Waals surface area contributed by atoms with Crippen LogP contribution in [0.4, 0.5) is 4.79 Å². The Labute approximate surface area is 115 Å². The van der Waals surface area contributed by atoms with Crippen molar-refractivity contribution in [3.8, 4) is 0 Å². The van der Waals surface area contributed by atoms with Crippen molar-refractivity contribution in [1.82, 2.24) is 4.90 Å². The molecule has 1 fully saturated rings. The maximum atomic E-state index is 12.2. The molecule has 1 saturated heterocycles. The number of carbonyl (C=O) groups excluding carboxylic acids is 2. The number of ether oxygens (including phenoxy) is 2. The minimum atomic E-state index is -0.562. The summed E-state index contributed by atoms with van der Waals surface area (Å²) in [6.45, 7) is 10.2. The molecule has 110 valence electrons. The maximum absolute atomic E-state index is 12.2. The Balaban J connectivity index is 2.83. The van der Waals surface area contributed by atoms with Crippen LogP contribution in [-0.2, 0) is 14.3 Å². The van der Waals surface area contributed by atoms with Gasteiger partial charge >= 0.3 is 12.1 Å². The first-order chi connectivity index (χ1) is 8.65. The van der Waals surface area contributed by atoms with Crippen LogP contribution in [0.3, 0.4) is 0 Å². The molecule has 0 bridgehead atoms. The molecule has 19 heavy (non-hydrogen) atoms. The number of hydrogen-bond acceptors (Lipinski definition) is 4. The van der Waals surface area contributed by atoms with E-state index in [9.17, 15) is 9.59 Å². The lowest BCUT2D eigenvalue weighted by Gasteiger charge is -2.27. The van der Waals surface area contributed by atoms with E-state index in [0.717, 1.165) is 0 Å². The number of esters is 1. The molecule has 1 aliphatic heterocycles. The summed E-state index contributed by atoms with van der Waals surface area (Å²) in [7, 11) is 1.35. The van der Waals surface area contributed by atoms with Gasteiger partial charge in [0.2, 0.25) is 0 Å². The fourth-order valence-corrected chi connectivity index (χ4v) is 2.23. The highest BCUT2D eigenvalue weighted by molar-refractivity contribution is 5.82. The lowest BCUT2D eigenvalue weighted by atomic mass is 9.93. The molecule has 0 aromatic heterocycles. The number of hydrogen-bond donors (Lipinski definition) is 0. The van der Waals surface area contributed by atoms with Crippen LogP contribution in [0.25, 0.3) is 0 Å². The number of rotatable bonds is 2. The molecule has 0 unspecified atom stereocenters. The Bertz CT molecular complexity index is 346. The molecule has 0 aromatic rings. The van der Waals surface area contributed by atoms with Gasteiger partial charge in [-0.2, -0.15) is 0 Å². The standard InChI is InChI=1S/C14H25NO4/c1-9(2)10-7-11(12(16)18-6)15(8-10)13(17)19-14(3,4)5/h9-11H,7-8H2,1-6H3/t10-,11-/m0/s1. The van der Waals surface area contributed by atoms with Crippen molar-refractivity contribution in [3.05, 3.63) is 0 Å². The third-order valence-corrected chi connectivity index (χ3v) is 3.38. The number of nitrogens with zero attached hydrogens (tertiary/aromatic N) is 1. The van der Waals surface area contributed by atoms with Crippen LogP contribution in [0.5, 0.6) is 0 Å². The molecule has 5 nitrogen and oxygen atoms in total. The minimum absolute atomic E-state index is 0.302. The van der Waals surface area contributed by atoms with Crippen molar-refractivity contribution in [3.63, 3.8) is 0 Å². The van der Waals surface area contributed by atoms with Crippen LogP contribution in [0, 0.1) is 11.8 Å². The molecule has 0 N–H and O–H groups in total. The van der Waals surface area contributed by atoms with E-state index in [-0.39, 0.29) is 5.97 Å². The van der Waals surface area contributed by atoms with Crippen molar-refractivity contribution >= 4 is 12.1 Å². The van der Waals surface area contributed by atoms with Gasteiger partial charge in [0.1, 0.15) is 11.6 Å². The summed E-state index contributed by atoms with van der Waals surface area (Å²) in [5.41, 5.74) is -0.562. The van der Waals surface area contributed by atoms with Gasteiger partial charge in [0, 0.05) is 6.54 Å². The fourth-order valence-electron chi connectivity index (χ4n) is 2.23. The Morgan fingerprint density at radius 2 is 1.84 bits per heavy atom. The molecular weight excluding hydrogens is 246 g/mol. The molecule has 1 heterocycles.